The van der Waals surface area contributed by atoms with Crippen LogP contribution in [0, 0.1) is 0 Å². The first-order valence-corrected chi connectivity index (χ1v) is 4.62. The summed E-state index contributed by atoms with van der Waals surface area (Å²) in [6.07, 6.45) is 2.11. The van der Waals surface area contributed by atoms with Gasteiger partial charge in [-0.3, -0.25) is 0 Å². The largest absolute Gasteiger partial charge is 0.348 e. The second-order valence-corrected chi connectivity index (χ2v) is 3.05. The van der Waals surface area contributed by atoms with Crippen LogP contribution in [0.5, 0.6) is 0 Å². The van der Waals surface area contributed by atoms with Crippen LogP contribution in [0.3, 0.4) is 0 Å². The maximum atomic E-state index is 2.25. The molecule has 66 valence electrons. The van der Waals surface area contributed by atoms with E-state index in [1.165, 1.54) is 11.3 Å². The van der Waals surface area contributed by atoms with Gasteiger partial charge < -0.3 is 4.57 Å². The molecule has 0 atom stereocenters. The van der Waals surface area contributed by atoms with Crippen LogP contribution in [0.4, 0.5) is 0 Å². The minimum atomic E-state index is 1.03. The van der Waals surface area contributed by atoms with Crippen molar-refractivity contribution in [2.45, 2.75) is 13.5 Å². The number of benzene rings is 1. The van der Waals surface area contributed by atoms with Gasteiger partial charge in [0.1, 0.15) is 0 Å². The number of rotatable bonds is 2. The van der Waals surface area contributed by atoms with E-state index in [1.807, 2.05) is 6.07 Å². The topological polar surface area (TPSA) is 4.93 Å². The average molecular weight is 171 g/mol. The molecule has 0 radical (unpaired) electrons. The van der Waals surface area contributed by atoms with Gasteiger partial charge in [0, 0.05) is 18.4 Å². The Morgan fingerprint density at radius 2 is 1.77 bits per heavy atom. The number of aryl methyl sites for hydroxylation is 1. The van der Waals surface area contributed by atoms with Crippen LogP contribution < -0.4 is 0 Å². The highest BCUT2D eigenvalue weighted by atomic mass is 15.0. The molecule has 0 N–H and O–H groups in total. The molecule has 1 heterocycles. The monoisotopic (exact) mass is 171 g/mol. The lowest BCUT2D eigenvalue weighted by molar-refractivity contribution is 0.777. The maximum absolute atomic E-state index is 2.25. The standard InChI is InChI=1S/C12H13N/c1-2-13-10-6-9-12(13)11-7-4-3-5-8-11/h3-10H,2H2,1H3. The Morgan fingerprint density at radius 3 is 2.46 bits per heavy atom. The number of aromatic nitrogens is 1. The zero-order valence-electron chi connectivity index (χ0n) is 7.77. The van der Waals surface area contributed by atoms with Gasteiger partial charge >= 0.3 is 0 Å². The average Bonchev–Trinajstić information content (AvgIpc) is 2.67. The molecule has 0 aliphatic heterocycles. The number of nitrogens with zero attached hydrogens (tertiary/aromatic N) is 1. The molecule has 0 spiro atoms. The number of hydrogen-bond acceptors (Lipinski definition) is 0. The van der Waals surface area contributed by atoms with E-state index in [1.54, 1.807) is 0 Å². The van der Waals surface area contributed by atoms with E-state index in [-0.39, 0.29) is 0 Å². The van der Waals surface area contributed by atoms with Gasteiger partial charge in [-0.2, -0.15) is 0 Å². The van der Waals surface area contributed by atoms with Crippen molar-refractivity contribution in [1.82, 2.24) is 4.57 Å². The zero-order valence-corrected chi connectivity index (χ0v) is 7.77. The van der Waals surface area contributed by atoms with Crippen molar-refractivity contribution < 1.29 is 0 Å². The van der Waals surface area contributed by atoms with Crippen molar-refractivity contribution in [1.29, 1.82) is 0 Å². The van der Waals surface area contributed by atoms with E-state index in [9.17, 15) is 0 Å². The molecule has 2 rings (SSSR count). The van der Waals surface area contributed by atoms with Crippen molar-refractivity contribution in [3.63, 3.8) is 0 Å². The van der Waals surface area contributed by atoms with Gasteiger partial charge in [0.2, 0.25) is 0 Å². The molecule has 1 aromatic carbocycles. The first-order chi connectivity index (χ1) is 6.42. The van der Waals surface area contributed by atoms with Gasteiger partial charge in [-0.25, -0.2) is 0 Å². The van der Waals surface area contributed by atoms with Gasteiger partial charge in [0.15, 0.2) is 0 Å². The summed E-state index contributed by atoms with van der Waals surface area (Å²) < 4.78 is 2.25. The van der Waals surface area contributed by atoms with Crippen LogP contribution in [-0.4, -0.2) is 4.57 Å². The molecule has 0 amide bonds. The fourth-order valence-electron chi connectivity index (χ4n) is 1.56. The van der Waals surface area contributed by atoms with Crippen molar-refractivity contribution >= 4 is 0 Å². The summed E-state index contributed by atoms with van der Waals surface area (Å²) in [7, 11) is 0. The highest BCUT2D eigenvalue weighted by Gasteiger charge is 1.99. The Bertz CT molecular complexity index is 373. The zero-order chi connectivity index (χ0) is 9.10. The third-order valence-corrected chi connectivity index (χ3v) is 2.24. The third kappa shape index (κ3) is 1.50. The van der Waals surface area contributed by atoms with Gasteiger partial charge in [-0.15, -0.1) is 0 Å². The highest BCUT2D eigenvalue weighted by molar-refractivity contribution is 5.59. The van der Waals surface area contributed by atoms with E-state index >= 15 is 0 Å². The van der Waals surface area contributed by atoms with E-state index in [2.05, 4.69) is 54.1 Å². The molecular weight excluding hydrogens is 158 g/mol. The molecule has 1 nitrogen and oxygen atoms in total. The van der Waals surface area contributed by atoms with Crippen molar-refractivity contribution in [2.75, 3.05) is 0 Å². The maximum Gasteiger partial charge on any atom is 0.0480 e. The van der Waals surface area contributed by atoms with Crippen LogP contribution >= 0.6 is 0 Å². The SMILES string of the molecule is CCn1cccc1-c1ccccc1. The van der Waals surface area contributed by atoms with Gasteiger partial charge in [0.25, 0.3) is 0 Å². The van der Waals surface area contributed by atoms with Crippen molar-refractivity contribution in [3.8, 4) is 11.3 Å². The second kappa shape index (κ2) is 3.48. The first kappa shape index (κ1) is 8.11. The minimum absolute atomic E-state index is 1.03. The van der Waals surface area contributed by atoms with Crippen LogP contribution in [0.25, 0.3) is 11.3 Å². The molecule has 13 heavy (non-hydrogen) atoms. The molecule has 0 saturated heterocycles. The highest BCUT2D eigenvalue weighted by Crippen LogP contribution is 2.19. The Labute approximate surface area is 78.6 Å². The summed E-state index contributed by atoms with van der Waals surface area (Å²) in [5.74, 6) is 0. The Kier molecular flexibility index (Phi) is 2.17. The third-order valence-electron chi connectivity index (χ3n) is 2.24. The van der Waals surface area contributed by atoms with E-state index in [4.69, 9.17) is 0 Å². The molecule has 0 fully saturated rings. The van der Waals surface area contributed by atoms with E-state index in [0.717, 1.165) is 6.54 Å². The predicted molar refractivity (Wildman–Crippen MR) is 55.5 cm³/mol. The van der Waals surface area contributed by atoms with Crippen molar-refractivity contribution in [2.24, 2.45) is 0 Å². The summed E-state index contributed by atoms with van der Waals surface area (Å²) in [5, 5.41) is 0. The van der Waals surface area contributed by atoms with Crippen molar-refractivity contribution in [3.05, 3.63) is 48.7 Å². The molecule has 2 aromatic rings. The van der Waals surface area contributed by atoms with Crippen LogP contribution in [0.1, 0.15) is 6.92 Å². The minimum Gasteiger partial charge on any atom is -0.348 e. The Morgan fingerprint density at radius 1 is 1.00 bits per heavy atom. The molecule has 0 aliphatic carbocycles. The summed E-state index contributed by atoms with van der Waals surface area (Å²) in [5.41, 5.74) is 2.58. The fraction of sp³-hybridized carbons (Fsp3) is 0.167. The first-order valence-electron chi connectivity index (χ1n) is 4.62. The molecule has 0 bridgehead atoms. The normalized spacial score (nSPS) is 10.2. The van der Waals surface area contributed by atoms with Crippen LogP contribution in [0.2, 0.25) is 0 Å². The summed E-state index contributed by atoms with van der Waals surface area (Å²) in [6.45, 7) is 3.18. The lowest BCUT2D eigenvalue weighted by atomic mass is 10.1. The quantitative estimate of drug-likeness (QED) is 0.654. The molecule has 0 saturated carbocycles. The lowest BCUT2D eigenvalue weighted by Crippen LogP contribution is -1.93. The van der Waals surface area contributed by atoms with E-state index < -0.39 is 0 Å². The Hall–Kier alpha value is -1.50. The van der Waals surface area contributed by atoms with Gasteiger partial charge in [0.05, 0.1) is 0 Å². The molecule has 1 aromatic heterocycles. The summed E-state index contributed by atoms with van der Waals surface area (Å²) in [6, 6.07) is 14.7. The van der Waals surface area contributed by atoms with Gasteiger partial charge in [-0.1, -0.05) is 30.3 Å². The number of hydrogen-bond donors (Lipinski definition) is 0. The Balaban J connectivity index is 2.47. The van der Waals surface area contributed by atoms with Gasteiger partial charge in [-0.05, 0) is 24.6 Å². The lowest BCUT2D eigenvalue weighted by Gasteiger charge is -2.05. The molecule has 0 unspecified atom stereocenters. The predicted octanol–water partition coefficient (Wildman–Crippen LogP) is 3.18. The summed E-state index contributed by atoms with van der Waals surface area (Å²) in [4.78, 5) is 0. The van der Waals surface area contributed by atoms with Crippen LogP contribution in [0.15, 0.2) is 48.7 Å². The van der Waals surface area contributed by atoms with E-state index in [0.29, 0.717) is 0 Å². The molecule has 0 aliphatic rings. The second-order valence-electron chi connectivity index (χ2n) is 3.05. The fourth-order valence-corrected chi connectivity index (χ4v) is 1.56. The molecule has 1 heteroatoms. The van der Waals surface area contributed by atoms with Crippen LogP contribution in [-0.2, 0) is 6.54 Å². The smallest absolute Gasteiger partial charge is 0.0480 e. The molecular formula is C12H13N. The summed E-state index contributed by atoms with van der Waals surface area (Å²) >= 11 is 0.